The topological polar surface area (TPSA) is 67.4 Å². The van der Waals surface area contributed by atoms with Crippen molar-refractivity contribution in [3.63, 3.8) is 0 Å². The van der Waals surface area contributed by atoms with Gasteiger partial charge in [0.25, 0.3) is 5.91 Å². The van der Waals surface area contributed by atoms with Crippen molar-refractivity contribution in [1.29, 1.82) is 0 Å². The second-order valence-corrected chi connectivity index (χ2v) is 6.17. The highest BCUT2D eigenvalue weighted by atomic mass is 16.5. The van der Waals surface area contributed by atoms with Crippen LogP contribution in [0.15, 0.2) is 54.6 Å². The molecule has 0 saturated carbocycles. The standard InChI is InChI=1S/C21H26N2O3/c1-3-16(2)23-21(25)18-11-9-17(10-12-18)15-22-20(24)13-14-26-19-7-5-4-6-8-19/h4-12,16H,3,13-15H2,1-2H3,(H,22,24)(H,23,25). The number of ether oxygens (including phenoxy) is 1. The molecule has 0 radical (unpaired) electrons. The number of amides is 2. The Balaban J connectivity index is 1.71. The second-order valence-electron chi connectivity index (χ2n) is 6.17. The molecular formula is C21H26N2O3. The van der Waals surface area contributed by atoms with Crippen LogP contribution in [0.1, 0.15) is 42.6 Å². The van der Waals surface area contributed by atoms with Crippen LogP contribution in [-0.2, 0) is 11.3 Å². The van der Waals surface area contributed by atoms with Crippen molar-refractivity contribution in [2.24, 2.45) is 0 Å². The summed E-state index contributed by atoms with van der Waals surface area (Å²) < 4.78 is 5.51. The maximum atomic E-state index is 12.0. The quantitative estimate of drug-likeness (QED) is 0.726. The fourth-order valence-corrected chi connectivity index (χ4v) is 2.25. The Labute approximate surface area is 154 Å². The summed E-state index contributed by atoms with van der Waals surface area (Å²) in [5, 5.41) is 5.79. The summed E-state index contributed by atoms with van der Waals surface area (Å²) in [6.07, 6.45) is 1.19. The van der Waals surface area contributed by atoms with Gasteiger partial charge in [-0.1, -0.05) is 37.3 Å². The Morgan fingerprint density at radius 3 is 2.38 bits per heavy atom. The Morgan fingerprint density at radius 2 is 1.73 bits per heavy atom. The molecular weight excluding hydrogens is 328 g/mol. The van der Waals surface area contributed by atoms with E-state index in [0.29, 0.717) is 25.1 Å². The molecule has 0 fully saturated rings. The predicted molar refractivity (Wildman–Crippen MR) is 102 cm³/mol. The molecule has 2 aromatic carbocycles. The van der Waals surface area contributed by atoms with Crippen molar-refractivity contribution in [1.82, 2.24) is 10.6 Å². The minimum absolute atomic E-state index is 0.0699. The number of hydrogen-bond donors (Lipinski definition) is 2. The Morgan fingerprint density at radius 1 is 1.04 bits per heavy atom. The molecule has 0 aliphatic rings. The first-order valence-corrected chi connectivity index (χ1v) is 8.93. The lowest BCUT2D eigenvalue weighted by molar-refractivity contribution is -0.121. The summed E-state index contributed by atoms with van der Waals surface area (Å²) >= 11 is 0. The van der Waals surface area contributed by atoms with Crippen LogP contribution in [0.2, 0.25) is 0 Å². The largest absolute Gasteiger partial charge is 0.493 e. The molecule has 0 aromatic heterocycles. The lowest BCUT2D eigenvalue weighted by Gasteiger charge is -2.12. The maximum absolute atomic E-state index is 12.0. The van der Waals surface area contributed by atoms with E-state index < -0.39 is 0 Å². The van der Waals surface area contributed by atoms with E-state index in [-0.39, 0.29) is 17.9 Å². The first kappa shape index (κ1) is 19.5. The molecule has 26 heavy (non-hydrogen) atoms. The number of carbonyl (C=O) groups is 2. The highest BCUT2D eigenvalue weighted by Crippen LogP contribution is 2.08. The van der Waals surface area contributed by atoms with Crippen LogP contribution >= 0.6 is 0 Å². The Hall–Kier alpha value is -2.82. The van der Waals surface area contributed by atoms with Crippen molar-refractivity contribution in [2.45, 2.75) is 39.3 Å². The number of hydrogen-bond acceptors (Lipinski definition) is 3. The summed E-state index contributed by atoms with van der Waals surface area (Å²) in [6.45, 7) is 4.77. The summed E-state index contributed by atoms with van der Waals surface area (Å²) in [7, 11) is 0. The van der Waals surface area contributed by atoms with Crippen molar-refractivity contribution >= 4 is 11.8 Å². The molecule has 0 aliphatic carbocycles. The van der Waals surface area contributed by atoms with Gasteiger partial charge >= 0.3 is 0 Å². The van der Waals surface area contributed by atoms with Gasteiger partial charge in [-0.15, -0.1) is 0 Å². The normalized spacial score (nSPS) is 11.5. The molecule has 0 heterocycles. The minimum atomic E-state index is -0.0759. The average molecular weight is 354 g/mol. The van der Waals surface area contributed by atoms with Crippen LogP contribution in [0.4, 0.5) is 0 Å². The highest BCUT2D eigenvalue weighted by molar-refractivity contribution is 5.94. The lowest BCUT2D eigenvalue weighted by Crippen LogP contribution is -2.31. The molecule has 0 spiro atoms. The smallest absolute Gasteiger partial charge is 0.251 e. The number of nitrogens with one attached hydrogen (secondary N) is 2. The molecule has 0 saturated heterocycles. The van der Waals surface area contributed by atoms with Crippen LogP contribution in [0, 0.1) is 0 Å². The van der Waals surface area contributed by atoms with Crippen LogP contribution in [-0.4, -0.2) is 24.5 Å². The fourth-order valence-electron chi connectivity index (χ4n) is 2.25. The lowest BCUT2D eigenvalue weighted by atomic mass is 10.1. The molecule has 5 heteroatoms. The first-order chi connectivity index (χ1) is 12.6. The third-order valence-corrected chi connectivity index (χ3v) is 4.04. The molecule has 2 amide bonds. The van der Waals surface area contributed by atoms with E-state index >= 15 is 0 Å². The number of para-hydroxylation sites is 1. The van der Waals surface area contributed by atoms with Crippen molar-refractivity contribution < 1.29 is 14.3 Å². The third kappa shape index (κ3) is 6.59. The molecule has 1 atom stereocenters. The summed E-state index contributed by atoms with van der Waals surface area (Å²) in [5.74, 6) is 0.610. The van der Waals surface area contributed by atoms with Crippen molar-refractivity contribution in [2.75, 3.05) is 6.61 Å². The van der Waals surface area contributed by atoms with Crippen LogP contribution < -0.4 is 15.4 Å². The number of carbonyl (C=O) groups excluding carboxylic acids is 2. The van der Waals surface area contributed by atoms with Gasteiger partial charge in [-0.05, 0) is 43.2 Å². The van der Waals surface area contributed by atoms with Crippen LogP contribution in [0.3, 0.4) is 0 Å². The zero-order valence-corrected chi connectivity index (χ0v) is 15.3. The van der Waals surface area contributed by atoms with Gasteiger partial charge in [0.2, 0.25) is 5.91 Å². The molecule has 0 bridgehead atoms. The summed E-state index contributed by atoms with van der Waals surface area (Å²) in [5.41, 5.74) is 1.57. The van der Waals surface area contributed by atoms with Crippen LogP contribution in [0.25, 0.3) is 0 Å². The van der Waals surface area contributed by atoms with Gasteiger partial charge in [0.15, 0.2) is 0 Å². The number of rotatable bonds is 9. The molecule has 1 unspecified atom stereocenters. The van der Waals surface area contributed by atoms with E-state index in [9.17, 15) is 9.59 Å². The Bertz CT molecular complexity index is 699. The van der Waals surface area contributed by atoms with Gasteiger partial charge in [-0.25, -0.2) is 0 Å². The van der Waals surface area contributed by atoms with Gasteiger partial charge in [0.1, 0.15) is 5.75 Å². The van der Waals surface area contributed by atoms with Gasteiger partial charge < -0.3 is 15.4 Å². The van der Waals surface area contributed by atoms with E-state index in [2.05, 4.69) is 10.6 Å². The van der Waals surface area contributed by atoms with Gasteiger partial charge in [0, 0.05) is 18.2 Å². The van der Waals surface area contributed by atoms with E-state index in [1.54, 1.807) is 12.1 Å². The third-order valence-electron chi connectivity index (χ3n) is 4.04. The maximum Gasteiger partial charge on any atom is 0.251 e. The molecule has 0 aliphatic heterocycles. The number of benzene rings is 2. The van der Waals surface area contributed by atoms with Crippen molar-refractivity contribution in [3.8, 4) is 5.75 Å². The van der Waals surface area contributed by atoms with Gasteiger partial charge in [-0.3, -0.25) is 9.59 Å². The highest BCUT2D eigenvalue weighted by Gasteiger charge is 2.08. The zero-order valence-electron chi connectivity index (χ0n) is 15.3. The van der Waals surface area contributed by atoms with E-state index in [1.807, 2.05) is 56.3 Å². The first-order valence-electron chi connectivity index (χ1n) is 8.93. The average Bonchev–Trinajstić information content (AvgIpc) is 2.67. The summed E-state index contributed by atoms with van der Waals surface area (Å²) in [4.78, 5) is 23.9. The van der Waals surface area contributed by atoms with E-state index in [4.69, 9.17) is 4.74 Å². The Kier molecular flexibility index (Phi) is 7.68. The SMILES string of the molecule is CCC(C)NC(=O)c1ccc(CNC(=O)CCOc2ccccc2)cc1. The van der Waals surface area contributed by atoms with Crippen LogP contribution in [0.5, 0.6) is 5.75 Å². The molecule has 2 aromatic rings. The summed E-state index contributed by atoms with van der Waals surface area (Å²) in [6, 6.07) is 16.8. The second kappa shape index (κ2) is 10.2. The molecule has 138 valence electrons. The van der Waals surface area contributed by atoms with Gasteiger partial charge in [-0.2, -0.15) is 0 Å². The zero-order chi connectivity index (χ0) is 18.8. The minimum Gasteiger partial charge on any atom is -0.493 e. The monoisotopic (exact) mass is 354 g/mol. The fraction of sp³-hybridized carbons (Fsp3) is 0.333. The van der Waals surface area contributed by atoms with E-state index in [1.165, 1.54) is 0 Å². The predicted octanol–water partition coefficient (Wildman–Crippen LogP) is 3.30. The van der Waals surface area contributed by atoms with Gasteiger partial charge in [0.05, 0.1) is 13.0 Å². The molecule has 2 N–H and O–H groups in total. The van der Waals surface area contributed by atoms with E-state index in [0.717, 1.165) is 17.7 Å². The molecule has 5 nitrogen and oxygen atoms in total. The van der Waals surface area contributed by atoms with Crippen molar-refractivity contribution in [3.05, 3.63) is 65.7 Å². The molecule has 2 rings (SSSR count).